The Morgan fingerprint density at radius 2 is 1.70 bits per heavy atom. The number of hydrogen-bond donors (Lipinski definition) is 1. The Morgan fingerprint density at radius 1 is 1.10 bits per heavy atom. The number of ether oxygens (including phenoxy) is 1. The highest BCUT2D eigenvalue weighted by atomic mass is 16.5. The molecule has 0 radical (unpaired) electrons. The maximum atomic E-state index is 10.6. The first-order valence-corrected chi connectivity index (χ1v) is 8.23. The maximum Gasteiger partial charge on any atom is 0.0896 e. The zero-order valence-corrected chi connectivity index (χ0v) is 14.1. The van der Waals surface area contributed by atoms with Crippen LogP contribution in [-0.4, -0.2) is 46.9 Å². The van der Waals surface area contributed by atoms with E-state index in [1.54, 1.807) is 0 Å². The molecule has 3 nitrogen and oxygen atoms in total. The molecule has 1 aliphatic carbocycles. The summed E-state index contributed by atoms with van der Waals surface area (Å²) in [7, 11) is 2.22. The topological polar surface area (TPSA) is 32.7 Å². The zero-order chi connectivity index (χ0) is 15.1. The second-order valence-electron chi connectivity index (χ2n) is 8.13. The SMILES string of the molecule is CC1CCCCC1N(C)CC1C(O)C(C)(C)OC1(C)C. The van der Waals surface area contributed by atoms with Crippen molar-refractivity contribution in [1.82, 2.24) is 4.90 Å². The highest BCUT2D eigenvalue weighted by molar-refractivity contribution is 5.02. The molecule has 1 saturated carbocycles. The minimum atomic E-state index is -0.437. The van der Waals surface area contributed by atoms with Crippen molar-refractivity contribution in [3.05, 3.63) is 0 Å². The molecule has 0 aromatic rings. The van der Waals surface area contributed by atoms with Gasteiger partial charge in [0.05, 0.1) is 17.3 Å². The van der Waals surface area contributed by atoms with E-state index in [1.807, 2.05) is 13.8 Å². The van der Waals surface area contributed by atoms with Crippen LogP contribution in [0.2, 0.25) is 0 Å². The van der Waals surface area contributed by atoms with Crippen LogP contribution in [-0.2, 0) is 4.74 Å². The van der Waals surface area contributed by atoms with Gasteiger partial charge in [0.15, 0.2) is 0 Å². The normalized spacial score (nSPS) is 40.2. The fourth-order valence-electron chi connectivity index (χ4n) is 4.40. The summed E-state index contributed by atoms with van der Waals surface area (Å²) < 4.78 is 6.10. The molecule has 1 saturated heterocycles. The van der Waals surface area contributed by atoms with Crippen LogP contribution in [0.5, 0.6) is 0 Å². The predicted octanol–water partition coefficient (Wildman–Crippen LogP) is 3.06. The molecule has 1 heterocycles. The summed E-state index contributed by atoms with van der Waals surface area (Å²) in [6, 6.07) is 0.662. The molecule has 0 bridgehead atoms. The van der Waals surface area contributed by atoms with Crippen molar-refractivity contribution < 1.29 is 9.84 Å². The van der Waals surface area contributed by atoms with Crippen LogP contribution in [0, 0.1) is 11.8 Å². The quantitative estimate of drug-likeness (QED) is 0.864. The van der Waals surface area contributed by atoms with Gasteiger partial charge in [0.1, 0.15) is 0 Å². The third kappa shape index (κ3) is 3.05. The number of aliphatic hydroxyl groups is 1. The van der Waals surface area contributed by atoms with E-state index in [0.717, 1.165) is 12.5 Å². The van der Waals surface area contributed by atoms with Crippen LogP contribution in [0.4, 0.5) is 0 Å². The smallest absolute Gasteiger partial charge is 0.0896 e. The Kier molecular flexibility index (Phi) is 4.54. The van der Waals surface area contributed by atoms with Crippen molar-refractivity contribution in [2.24, 2.45) is 11.8 Å². The molecule has 2 fully saturated rings. The minimum absolute atomic E-state index is 0.177. The number of nitrogens with zero attached hydrogens (tertiary/aromatic N) is 1. The van der Waals surface area contributed by atoms with Crippen molar-refractivity contribution in [1.29, 1.82) is 0 Å². The molecule has 0 spiro atoms. The van der Waals surface area contributed by atoms with Crippen LogP contribution in [0.1, 0.15) is 60.3 Å². The van der Waals surface area contributed by atoms with E-state index >= 15 is 0 Å². The van der Waals surface area contributed by atoms with Gasteiger partial charge in [0.25, 0.3) is 0 Å². The molecule has 118 valence electrons. The van der Waals surface area contributed by atoms with Crippen molar-refractivity contribution in [3.63, 3.8) is 0 Å². The summed E-state index contributed by atoms with van der Waals surface area (Å²) in [5.41, 5.74) is -0.692. The molecule has 2 rings (SSSR count). The van der Waals surface area contributed by atoms with Crippen molar-refractivity contribution in [2.45, 2.75) is 83.6 Å². The Bertz CT molecular complexity index is 340. The summed E-state index contributed by atoms with van der Waals surface area (Å²) in [6.07, 6.45) is 4.97. The summed E-state index contributed by atoms with van der Waals surface area (Å²) in [6.45, 7) is 11.5. The third-order valence-corrected chi connectivity index (χ3v) is 5.63. The third-order valence-electron chi connectivity index (χ3n) is 5.63. The first-order chi connectivity index (χ1) is 9.15. The van der Waals surface area contributed by atoms with Crippen LogP contribution < -0.4 is 0 Å². The highest BCUT2D eigenvalue weighted by Crippen LogP contribution is 2.43. The number of rotatable bonds is 3. The first-order valence-electron chi connectivity index (χ1n) is 8.23. The lowest BCUT2D eigenvalue weighted by Crippen LogP contribution is -2.47. The molecule has 4 unspecified atom stereocenters. The van der Waals surface area contributed by atoms with Crippen LogP contribution >= 0.6 is 0 Å². The number of aliphatic hydroxyl groups excluding tert-OH is 1. The molecule has 0 aromatic carbocycles. The highest BCUT2D eigenvalue weighted by Gasteiger charge is 2.53. The van der Waals surface area contributed by atoms with Crippen LogP contribution in [0.15, 0.2) is 0 Å². The van der Waals surface area contributed by atoms with Crippen molar-refractivity contribution in [3.8, 4) is 0 Å². The van der Waals surface area contributed by atoms with E-state index in [-0.39, 0.29) is 17.6 Å². The Labute approximate surface area is 124 Å². The van der Waals surface area contributed by atoms with Gasteiger partial charge in [0, 0.05) is 18.5 Å². The molecule has 0 amide bonds. The van der Waals surface area contributed by atoms with Gasteiger partial charge in [-0.1, -0.05) is 19.8 Å². The summed E-state index contributed by atoms with van der Waals surface area (Å²) >= 11 is 0. The van der Waals surface area contributed by atoms with Gasteiger partial charge >= 0.3 is 0 Å². The van der Waals surface area contributed by atoms with Crippen LogP contribution in [0.3, 0.4) is 0 Å². The van der Waals surface area contributed by atoms with E-state index in [2.05, 4.69) is 32.7 Å². The molecule has 20 heavy (non-hydrogen) atoms. The van der Waals surface area contributed by atoms with Crippen molar-refractivity contribution >= 4 is 0 Å². The van der Waals surface area contributed by atoms with Crippen LogP contribution in [0.25, 0.3) is 0 Å². The fourth-order valence-corrected chi connectivity index (χ4v) is 4.40. The molecular weight excluding hydrogens is 250 g/mol. The summed E-state index contributed by atoms with van der Waals surface area (Å²) in [5.74, 6) is 0.945. The molecule has 2 aliphatic rings. The number of hydrogen-bond acceptors (Lipinski definition) is 3. The minimum Gasteiger partial charge on any atom is -0.390 e. The van der Waals surface area contributed by atoms with E-state index < -0.39 is 5.60 Å². The molecule has 1 N–H and O–H groups in total. The largest absolute Gasteiger partial charge is 0.390 e. The van der Waals surface area contributed by atoms with Crippen molar-refractivity contribution in [2.75, 3.05) is 13.6 Å². The summed E-state index contributed by atoms with van der Waals surface area (Å²) in [5, 5.41) is 10.6. The van der Waals surface area contributed by atoms with Gasteiger partial charge in [0.2, 0.25) is 0 Å². The second kappa shape index (κ2) is 5.58. The zero-order valence-electron chi connectivity index (χ0n) is 14.1. The van der Waals surface area contributed by atoms with Gasteiger partial charge in [-0.2, -0.15) is 0 Å². The van der Waals surface area contributed by atoms with E-state index in [9.17, 15) is 5.11 Å². The second-order valence-corrected chi connectivity index (χ2v) is 8.13. The van der Waals surface area contributed by atoms with Gasteiger partial charge in [-0.3, -0.25) is 0 Å². The lowest BCUT2D eigenvalue weighted by molar-refractivity contribution is -0.0915. The average molecular weight is 283 g/mol. The van der Waals surface area contributed by atoms with E-state index in [4.69, 9.17) is 4.74 Å². The van der Waals surface area contributed by atoms with Gasteiger partial charge in [-0.25, -0.2) is 0 Å². The predicted molar refractivity (Wildman–Crippen MR) is 82.8 cm³/mol. The molecule has 4 atom stereocenters. The molecule has 3 heteroatoms. The van der Waals surface area contributed by atoms with E-state index in [1.165, 1.54) is 25.7 Å². The lowest BCUT2D eigenvalue weighted by atomic mass is 9.81. The van der Waals surface area contributed by atoms with Gasteiger partial charge in [-0.05, 0) is 53.5 Å². The monoisotopic (exact) mass is 283 g/mol. The average Bonchev–Trinajstić information content (AvgIpc) is 2.48. The Hall–Kier alpha value is -0.120. The maximum absolute atomic E-state index is 10.6. The molecule has 0 aromatic heterocycles. The van der Waals surface area contributed by atoms with Gasteiger partial charge < -0.3 is 14.7 Å². The molecule has 1 aliphatic heterocycles. The lowest BCUT2D eigenvalue weighted by Gasteiger charge is -2.39. The molecular formula is C17H33NO2. The Balaban J connectivity index is 2.04. The first kappa shape index (κ1) is 16.3. The fraction of sp³-hybridized carbons (Fsp3) is 1.00. The standard InChI is InChI=1S/C17H33NO2/c1-12-9-7-8-10-14(12)18(6)11-13-15(19)17(4,5)20-16(13,2)3/h12-15,19H,7-11H2,1-6H3. The Morgan fingerprint density at radius 3 is 2.20 bits per heavy atom. The summed E-state index contributed by atoms with van der Waals surface area (Å²) in [4.78, 5) is 2.48. The van der Waals surface area contributed by atoms with Gasteiger partial charge in [-0.15, -0.1) is 0 Å². The van der Waals surface area contributed by atoms with E-state index in [0.29, 0.717) is 6.04 Å².